The average molecular weight is 313 g/mol. The quantitative estimate of drug-likeness (QED) is 0.781. The fraction of sp³-hybridized carbons (Fsp3) is 0.533. The van der Waals surface area contributed by atoms with Crippen molar-refractivity contribution in [3.05, 3.63) is 34.9 Å². The fourth-order valence-electron chi connectivity index (χ4n) is 2.53. The van der Waals surface area contributed by atoms with Gasteiger partial charge in [0.25, 0.3) is 0 Å². The van der Waals surface area contributed by atoms with Gasteiger partial charge in [-0.1, -0.05) is 23.7 Å². The Balaban J connectivity index is 1.82. The van der Waals surface area contributed by atoms with Crippen LogP contribution in [0.2, 0.25) is 5.02 Å². The third-order valence-electron chi connectivity index (χ3n) is 3.77. The molecule has 3 atom stereocenters. The van der Waals surface area contributed by atoms with Crippen LogP contribution in [0.1, 0.15) is 30.9 Å². The van der Waals surface area contributed by atoms with Crippen LogP contribution in [0.15, 0.2) is 24.3 Å². The number of halogens is 1. The molecule has 2 rings (SSSR count). The first-order chi connectivity index (χ1) is 10.1. The van der Waals surface area contributed by atoms with Gasteiger partial charge in [-0.05, 0) is 37.0 Å². The molecule has 1 aliphatic rings. The molecule has 2 amide bonds. The van der Waals surface area contributed by atoms with Crippen molar-refractivity contribution < 1.29 is 14.6 Å². The summed E-state index contributed by atoms with van der Waals surface area (Å²) in [7, 11) is 1.60. The number of rotatable bonds is 5. The van der Waals surface area contributed by atoms with E-state index in [1.54, 1.807) is 19.2 Å². The zero-order valence-corrected chi connectivity index (χ0v) is 12.8. The predicted molar refractivity (Wildman–Crippen MR) is 81.4 cm³/mol. The van der Waals surface area contributed by atoms with Crippen LogP contribution >= 0.6 is 11.6 Å². The van der Waals surface area contributed by atoms with Crippen LogP contribution in [-0.2, 0) is 4.74 Å². The van der Waals surface area contributed by atoms with Crippen LogP contribution in [0.4, 0.5) is 4.79 Å². The highest BCUT2D eigenvalue weighted by Crippen LogP contribution is 2.19. The standard InChI is InChI=1S/C15H21ClN2O3/c1-21-14(10-5-7-11(16)8-6-10)9-17-15(20)18-12-3-2-4-13(12)19/h5-8,12-14,19H,2-4,9H2,1H3,(H2,17,18,20)/t12-,13+,14+/m0/s1. The second-order valence-corrected chi connectivity index (χ2v) is 5.67. The molecule has 116 valence electrons. The summed E-state index contributed by atoms with van der Waals surface area (Å²) in [5.41, 5.74) is 0.947. The third kappa shape index (κ3) is 4.59. The Labute approximate surface area is 129 Å². The van der Waals surface area contributed by atoms with E-state index >= 15 is 0 Å². The van der Waals surface area contributed by atoms with Crippen molar-refractivity contribution >= 4 is 17.6 Å². The molecule has 6 heteroatoms. The molecule has 0 unspecified atom stereocenters. The van der Waals surface area contributed by atoms with Gasteiger partial charge in [-0.15, -0.1) is 0 Å². The molecule has 0 aromatic heterocycles. The minimum atomic E-state index is -0.440. The Morgan fingerprint density at radius 2 is 2.14 bits per heavy atom. The fourth-order valence-corrected chi connectivity index (χ4v) is 2.65. The van der Waals surface area contributed by atoms with Crippen LogP contribution in [0, 0.1) is 0 Å². The molecule has 0 heterocycles. The molecule has 0 radical (unpaired) electrons. The molecule has 3 N–H and O–H groups in total. The summed E-state index contributed by atoms with van der Waals surface area (Å²) in [6.45, 7) is 0.354. The number of carbonyl (C=O) groups is 1. The summed E-state index contributed by atoms with van der Waals surface area (Å²) in [6.07, 6.45) is 1.83. The van der Waals surface area contributed by atoms with Crippen molar-refractivity contribution in [2.75, 3.05) is 13.7 Å². The van der Waals surface area contributed by atoms with E-state index in [1.807, 2.05) is 12.1 Å². The summed E-state index contributed by atoms with van der Waals surface area (Å²) in [5.74, 6) is 0. The van der Waals surface area contributed by atoms with Crippen LogP contribution < -0.4 is 10.6 Å². The van der Waals surface area contributed by atoms with E-state index < -0.39 is 6.10 Å². The molecule has 1 saturated carbocycles. The summed E-state index contributed by atoms with van der Waals surface area (Å²) in [5, 5.41) is 15.9. The van der Waals surface area contributed by atoms with Gasteiger partial charge >= 0.3 is 6.03 Å². The Kier molecular flexibility index (Phi) is 5.85. The largest absolute Gasteiger partial charge is 0.391 e. The Hall–Kier alpha value is -1.30. The van der Waals surface area contributed by atoms with Crippen molar-refractivity contribution in [2.24, 2.45) is 0 Å². The van der Waals surface area contributed by atoms with Gasteiger partial charge in [0.05, 0.1) is 18.2 Å². The van der Waals surface area contributed by atoms with Crippen LogP contribution in [0.25, 0.3) is 0 Å². The first kappa shape index (κ1) is 16.1. The Morgan fingerprint density at radius 1 is 1.43 bits per heavy atom. The van der Waals surface area contributed by atoms with E-state index in [0.717, 1.165) is 24.8 Å². The van der Waals surface area contributed by atoms with Gasteiger partial charge in [-0.2, -0.15) is 0 Å². The number of benzene rings is 1. The average Bonchev–Trinajstić information content (AvgIpc) is 2.87. The maximum atomic E-state index is 11.8. The molecule has 21 heavy (non-hydrogen) atoms. The summed E-state index contributed by atoms with van der Waals surface area (Å²) >= 11 is 5.85. The molecule has 1 aromatic carbocycles. The lowest BCUT2D eigenvalue weighted by molar-refractivity contribution is 0.103. The zero-order valence-electron chi connectivity index (χ0n) is 12.0. The van der Waals surface area contributed by atoms with E-state index in [9.17, 15) is 9.90 Å². The van der Waals surface area contributed by atoms with Gasteiger partial charge in [-0.25, -0.2) is 4.79 Å². The number of aliphatic hydroxyl groups excluding tert-OH is 1. The first-order valence-corrected chi connectivity index (χ1v) is 7.48. The number of urea groups is 1. The SMILES string of the molecule is CO[C@H](CNC(=O)N[C@H]1CCC[C@H]1O)c1ccc(Cl)cc1. The summed E-state index contributed by atoms with van der Waals surface area (Å²) in [6, 6.07) is 6.89. The maximum Gasteiger partial charge on any atom is 0.315 e. The van der Waals surface area contributed by atoms with E-state index in [2.05, 4.69) is 10.6 Å². The number of ether oxygens (including phenoxy) is 1. The van der Waals surface area contributed by atoms with E-state index in [4.69, 9.17) is 16.3 Å². The van der Waals surface area contributed by atoms with Gasteiger partial charge in [0.15, 0.2) is 0 Å². The highest BCUT2D eigenvalue weighted by atomic mass is 35.5. The van der Waals surface area contributed by atoms with Crippen LogP contribution in [0.5, 0.6) is 0 Å². The lowest BCUT2D eigenvalue weighted by atomic mass is 10.1. The van der Waals surface area contributed by atoms with Crippen molar-refractivity contribution in [3.8, 4) is 0 Å². The maximum absolute atomic E-state index is 11.8. The molecular formula is C15H21ClN2O3. The Bertz CT molecular complexity index is 466. The Morgan fingerprint density at radius 3 is 2.71 bits per heavy atom. The second kappa shape index (κ2) is 7.64. The van der Waals surface area contributed by atoms with E-state index in [-0.39, 0.29) is 18.2 Å². The molecule has 1 fully saturated rings. The van der Waals surface area contributed by atoms with Crippen LogP contribution in [0.3, 0.4) is 0 Å². The number of methoxy groups -OCH3 is 1. The van der Waals surface area contributed by atoms with Gasteiger partial charge in [0.1, 0.15) is 0 Å². The number of hydrogen-bond donors (Lipinski definition) is 3. The molecule has 0 saturated heterocycles. The van der Waals surface area contributed by atoms with Crippen molar-refractivity contribution in [3.63, 3.8) is 0 Å². The summed E-state index contributed by atoms with van der Waals surface area (Å²) in [4.78, 5) is 11.8. The highest BCUT2D eigenvalue weighted by molar-refractivity contribution is 6.30. The monoisotopic (exact) mass is 312 g/mol. The lowest BCUT2D eigenvalue weighted by Gasteiger charge is -2.20. The topological polar surface area (TPSA) is 70.6 Å². The summed E-state index contributed by atoms with van der Waals surface area (Å²) < 4.78 is 5.38. The van der Waals surface area contributed by atoms with Crippen LogP contribution in [-0.4, -0.2) is 36.9 Å². The minimum absolute atomic E-state index is 0.151. The van der Waals surface area contributed by atoms with Gasteiger partial charge in [0, 0.05) is 18.7 Å². The van der Waals surface area contributed by atoms with Crippen molar-refractivity contribution in [2.45, 2.75) is 37.5 Å². The second-order valence-electron chi connectivity index (χ2n) is 5.24. The van der Waals surface area contributed by atoms with E-state index in [0.29, 0.717) is 11.6 Å². The minimum Gasteiger partial charge on any atom is -0.391 e. The normalized spacial score (nSPS) is 22.8. The van der Waals surface area contributed by atoms with Crippen molar-refractivity contribution in [1.82, 2.24) is 10.6 Å². The van der Waals surface area contributed by atoms with E-state index in [1.165, 1.54) is 0 Å². The van der Waals surface area contributed by atoms with Crippen molar-refractivity contribution in [1.29, 1.82) is 0 Å². The van der Waals surface area contributed by atoms with Gasteiger partial charge in [-0.3, -0.25) is 0 Å². The zero-order chi connectivity index (χ0) is 15.2. The highest BCUT2D eigenvalue weighted by Gasteiger charge is 2.26. The number of aliphatic hydroxyl groups is 1. The molecule has 0 aliphatic heterocycles. The number of nitrogens with one attached hydrogen (secondary N) is 2. The molecular weight excluding hydrogens is 292 g/mol. The molecule has 0 bridgehead atoms. The molecule has 1 aliphatic carbocycles. The number of carbonyl (C=O) groups excluding carboxylic acids is 1. The molecule has 5 nitrogen and oxygen atoms in total. The first-order valence-electron chi connectivity index (χ1n) is 7.11. The predicted octanol–water partition coefficient (Wildman–Crippen LogP) is 2.24. The third-order valence-corrected chi connectivity index (χ3v) is 4.02. The molecule has 1 aromatic rings. The van der Waals surface area contributed by atoms with Gasteiger partial charge < -0.3 is 20.5 Å². The number of amides is 2. The smallest absolute Gasteiger partial charge is 0.315 e. The lowest BCUT2D eigenvalue weighted by Crippen LogP contribution is -2.46. The number of hydrogen-bond acceptors (Lipinski definition) is 3. The van der Waals surface area contributed by atoms with Gasteiger partial charge in [0.2, 0.25) is 0 Å². The molecule has 0 spiro atoms.